The molecule has 1 atom stereocenters. The van der Waals surface area contributed by atoms with E-state index in [0.29, 0.717) is 12.4 Å². The molecule has 0 saturated carbocycles. The van der Waals surface area contributed by atoms with Gasteiger partial charge in [0.15, 0.2) is 11.5 Å². The van der Waals surface area contributed by atoms with Crippen molar-refractivity contribution in [1.82, 2.24) is 4.90 Å². The molecule has 4 heteroatoms. The van der Waals surface area contributed by atoms with Gasteiger partial charge >= 0.3 is 0 Å². The van der Waals surface area contributed by atoms with E-state index in [1.807, 2.05) is 30.3 Å². The van der Waals surface area contributed by atoms with Gasteiger partial charge < -0.3 is 5.73 Å². The van der Waals surface area contributed by atoms with Crippen LogP contribution >= 0.6 is 0 Å². The zero-order chi connectivity index (χ0) is 14.9. The SMILES string of the molecule is CN1C(=O)C(CC2=CCCCC2)(c2ccccc2)N=C1N. The van der Waals surface area contributed by atoms with E-state index in [-0.39, 0.29) is 5.91 Å². The first kappa shape index (κ1) is 13.9. The maximum atomic E-state index is 12.8. The van der Waals surface area contributed by atoms with E-state index < -0.39 is 5.54 Å². The Morgan fingerprint density at radius 2 is 2.05 bits per heavy atom. The quantitative estimate of drug-likeness (QED) is 0.867. The standard InChI is InChI=1S/C17H21N3O/c1-20-15(21)17(19-16(20)18,14-10-6-3-7-11-14)12-13-8-4-2-5-9-13/h3,6-8,10-11H,2,4-5,9,12H2,1H3,(H2,18,19). The summed E-state index contributed by atoms with van der Waals surface area (Å²) >= 11 is 0. The van der Waals surface area contributed by atoms with E-state index in [1.165, 1.54) is 23.3 Å². The van der Waals surface area contributed by atoms with Gasteiger partial charge in [-0.1, -0.05) is 42.0 Å². The number of nitrogens with zero attached hydrogens (tertiary/aromatic N) is 2. The topological polar surface area (TPSA) is 58.7 Å². The number of guanidine groups is 1. The van der Waals surface area contributed by atoms with Gasteiger partial charge in [-0.25, -0.2) is 4.99 Å². The average Bonchev–Trinajstić information content (AvgIpc) is 2.74. The Bertz CT molecular complexity index is 606. The first-order valence-corrected chi connectivity index (χ1v) is 7.50. The van der Waals surface area contributed by atoms with Crippen molar-refractivity contribution in [3.63, 3.8) is 0 Å². The number of hydrogen-bond acceptors (Lipinski definition) is 3. The highest BCUT2D eigenvalue weighted by Gasteiger charge is 2.48. The summed E-state index contributed by atoms with van der Waals surface area (Å²) in [7, 11) is 1.70. The smallest absolute Gasteiger partial charge is 0.262 e. The van der Waals surface area contributed by atoms with Crippen LogP contribution in [0.5, 0.6) is 0 Å². The number of rotatable bonds is 3. The van der Waals surface area contributed by atoms with Crippen molar-refractivity contribution < 1.29 is 4.79 Å². The Morgan fingerprint density at radius 1 is 1.29 bits per heavy atom. The van der Waals surface area contributed by atoms with Crippen LogP contribution in [0.4, 0.5) is 0 Å². The molecule has 1 aromatic carbocycles. The first-order valence-electron chi connectivity index (χ1n) is 7.50. The van der Waals surface area contributed by atoms with E-state index in [9.17, 15) is 4.79 Å². The maximum absolute atomic E-state index is 12.8. The molecule has 2 N–H and O–H groups in total. The fourth-order valence-corrected chi connectivity index (χ4v) is 3.21. The molecule has 1 aliphatic carbocycles. The van der Waals surface area contributed by atoms with Gasteiger partial charge in [-0.15, -0.1) is 0 Å². The van der Waals surface area contributed by atoms with Gasteiger partial charge in [0.05, 0.1) is 0 Å². The fourth-order valence-electron chi connectivity index (χ4n) is 3.21. The van der Waals surface area contributed by atoms with E-state index in [1.54, 1.807) is 7.05 Å². The summed E-state index contributed by atoms with van der Waals surface area (Å²) in [6.07, 6.45) is 7.50. The molecular formula is C17H21N3O. The molecule has 3 rings (SSSR count). The van der Waals surface area contributed by atoms with Gasteiger partial charge in [0, 0.05) is 13.5 Å². The summed E-state index contributed by atoms with van der Waals surface area (Å²) < 4.78 is 0. The monoisotopic (exact) mass is 283 g/mol. The van der Waals surface area contributed by atoms with Crippen LogP contribution < -0.4 is 5.73 Å². The molecule has 1 aliphatic heterocycles. The molecule has 0 radical (unpaired) electrons. The van der Waals surface area contributed by atoms with Crippen LogP contribution in [-0.4, -0.2) is 23.8 Å². The lowest BCUT2D eigenvalue weighted by Crippen LogP contribution is -2.40. The van der Waals surface area contributed by atoms with Crippen molar-refractivity contribution in [2.45, 2.75) is 37.6 Å². The Hall–Kier alpha value is -2.10. The van der Waals surface area contributed by atoms with Crippen molar-refractivity contribution in [1.29, 1.82) is 0 Å². The molecule has 0 bridgehead atoms. The van der Waals surface area contributed by atoms with Gasteiger partial charge in [0.25, 0.3) is 5.91 Å². The van der Waals surface area contributed by atoms with Crippen molar-refractivity contribution in [3.8, 4) is 0 Å². The van der Waals surface area contributed by atoms with Crippen LogP contribution in [0.1, 0.15) is 37.7 Å². The van der Waals surface area contributed by atoms with Crippen LogP contribution in [0.15, 0.2) is 47.0 Å². The van der Waals surface area contributed by atoms with Crippen molar-refractivity contribution in [2.75, 3.05) is 7.05 Å². The van der Waals surface area contributed by atoms with E-state index in [2.05, 4.69) is 11.1 Å². The molecule has 0 saturated heterocycles. The van der Waals surface area contributed by atoms with Crippen molar-refractivity contribution in [3.05, 3.63) is 47.5 Å². The zero-order valence-electron chi connectivity index (χ0n) is 12.4. The predicted octanol–water partition coefficient (Wildman–Crippen LogP) is 2.56. The summed E-state index contributed by atoms with van der Waals surface area (Å²) in [5.74, 6) is 0.276. The second-order valence-corrected chi connectivity index (χ2v) is 5.85. The van der Waals surface area contributed by atoms with Gasteiger partial charge in [-0.3, -0.25) is 9.69 Å². The molecule has 0 aromatic heterocycles. The minimum absolute atomic E-state index is 0.0299. The minimum Gasteiger partial charge on any atom is -0.369 e. The molecule has 110 valence electrons. The third-order valence-corrected chi connectivity index (χ3v) is 4.43. The highest BCUT2D eigenvalue weighted by atomic mass is 16.2. The molecule has 4 nitrogen and oxygen atoms in total. The Balaban J connectivity index is 2.04. The predicted molar refractivity (Wildman–Crippen MR) is 83.7 cm³/mol. The van der Waals surface area contributed by atoms with E-state index in [0.717, 1.165) is 18.4 Å². The third kappa shape index (κ3) is 2.35. The molecule has 1 unspecified atom stereocenters. The second kappa shape index (κ2) is 5.35. The third-order valence-electron chi connectivity index (χ3n) is 4.43. The Labute approximate surface area is 125 Å². The zero-order valence-corrected chi connectivity index (χ0v) is 12.4. The largest absolute Gasteiger partial charge is 0.369 e. The van der Waals surface area contributed by atoms with Crippen molar-refractivity contribution >= 4 is 11.9 Å². The molecule has 1 heterocycles. The number of amides is 1. The first-order chi connectivity index (χ1) is 10.1. The molecule has 21 heavy (non-hydrogen) atoms. The van der Waals surface area contributed by atoms with Crippen molar-refractivity contribution in [2.24, 2.45) is 10.7 Å². The van der Waals surface area contributed by atoms with E-state index in [4.69, 9.17) is 5.73 Å². The number of likely N-dealkylation sites (N-methyl/N-ethyl adjacent to an activating group) is 1. The summed E-state index contributed by atoms with van der Waals surface area (Å²) in [4.78, 5) is 18.9. The lowest BCUT2D eigenvalue weighted by molar-refractivity contribution is -0.130. The lowest BCUT2D eigenvalue weighted by atomic mass is 9.81. The van der Waals surface area contributed by atoms with Gasteiger partial charge in [-0.05, 0) is 31.2 Å². The van der Waals surface area contributed by atoms with Gasteiger partial charge in [0.1, 0.15) is 0 Å². The number of hydrogen-bond donors (Lipinski definition) is 1. The molecule has 1 aromatic rings. The Kier molecular flexibility index (Phi) is 3.53. The minimum atomic E-state index is -0.872. The van der Waals surface area contributed by atoms with Crippen LogP contribution in [0.3, 0.4) is 0 Å². The number of carbonyl (C=O) groups is 1. The summed E-state index contributed by atoms with van der Waals surface area (Å²) in [6, 6.07) is 9.79. The molecule has 0 fully saturated rings. The van der Waals surface area contributed by atoms with Crippen LogP contribution in [0, 0.1) is 0 Å². The van der Waals surface area contributed by atoms with E-state index >= 15 is 0 Å². The highest BCUT2D eigenvalue weighted by molar-refractivity contribution is 6.07. The number of allylic oxidation sites excluding steroid dienone is 1. The van der Waals surface area contributed by atoms with Gasteiger partial charge in [-0.2, -0.15) is 0 Å². The summed E-state index contributed by atoms with van der Waals surface area (Å²) in [5, 5.41) is 0. The number of benzene rings is 1. The summed E-state index contributed by atoms with van der Waals surface area (Å²) in [5.41, 5.74) is 7.30. The van der Waals surface area contributed by atoms with Gasteiger partial charge in [0.2, 0.25) is 0 Å². The number of carbonyl (C=O) groups excluding carboxylic acids is 1. The molecule has 1 amide bonds. The Morgan fingerprint density at radius 3 is 2.62 bits per heavy atom. The lowest BCUT2D eigenvalue weighted by Gasteiger charge is -2.27. The van der Waals surface area contributed by atoms with Crippen LogP contribution in [-0.2, 0) is 10.3 Å². The van der Waals surface area contributed by atoms with Crippen LogP contribution in [0.2, 0.25) is 0 Å². The number of nitrogens with two attached hydrogens (primary N) is 1. The maximum Gasteiger partial charge on any atom is 0.262 e. The summed E-state index contributed by atoms with van der Waals surface area (Å²) in [6.45, 7) is 0. The fraction of sp³-hybridized carbons (Fsp3) is 0.412. The molecule has 0 spiro atoms. The second-order valence-electron chi connectivity index (χ2n) is 5.85. The number of aliphatic imine (C=N–C) groups is 1. The normalized spacial score (nSPS) is 25.8. The van der Waals surface area contributed by atoms with Crippen LogP contribution in [0.25, 0.3) is 0 Å². The average molecular weight is 283 g/mol. The molecule has 2 aliphatic rings. The highest BCUT2D eigenvalue weighted by Crippen LogP contribution is 2.40. The molecular weight excluding hydrogens is 262 g/mol.